The number of aromatic nitrogens is 3. The molecule has 4 N–H and O–H groups in total. The van der Waals surface area contributed by atoms with Gasteiger partial charge in [0.2, 0.25) is 0 Å². The van der Waals surface area contributed by atoms with E-state index >= 15 is 0 Å². The number of rotatable bonds is 3. The standard InChI is InChI=1S/C19H22N4O3/c1-10-3-4-12(5-11(10)2)14-7-23(18-16(14)17(20)21-9-22-18)19-15(25)6-13(8-24)26-19/h3-5,7,9,13,15,19,24-25H,6,8H2,1-2H3,(H2,20,21,22)/t13-,15+,19+/m0/s1. The molecule has 0 radical (unpaired) electrons. The lowest BCUT2D eigenvalue weighted by Gasteiger charge is -2.17. The minimum absolute atomic E-state index is 0.131. The first-order valence-electron chi connectivity index (χ1n) is 8.62. The summed E-state index contributed by atoms with van der Waals surface area (Å²) in [5.41, 5.74) is 11.0. The quantitative estimate of drug-likeness (QED) is 0.664. The number of anilines is 1. The molecule has 136 valence electrons. The van der Waals surface area contributed by atoms with Crippen LogP contribution in [0.15, 0.2) is 30.7 Å². The van der Waals surface area contributed by atoms with E-state index in [-0.39, 0.29) is 6.61 Å². The summed E-state index contributed by atoms with van der Waals surface area (Å²) < 4.78 is 7.60. The minimum atomic E-state index is -0.730. The van der Waals surface area contributed by atoms with Crippen LogP contribution in [-0.2, 0) is 4.74 Å². The molecule has 3 atom stereocenters. The molecular formula is C19H22N4O3. The predicted octanol–water partition coefficient (Wildman–Crippen LogP) is 1.94. The van der Waals surface area contributed by atoms with E-state index in [2.05, 4.69) is 35.9 Å². The Labute approximate surface area is 151 Å². The van der Waals surface area contributed by atoms with E-state index in [1.54, 1.807) is 4.57 Å². The molecular weight excluding hydrogens is 332 g/mol. The van der Waals surface area contributed by atoms with E-state index in [1.165, 1.54) is 17.5 Å². The number of nitrogen functional groups attached to an aromatic ring is 1. The van der Waals surface area contributed by atoms with Crippen LogP contribution in [0.25, 0.3) is 22.2 Å². The molecule has 7 nitrogen and oxygen atoms in total. The van der Waals surface area contributed by atoms with Gasteiger partial charge in [-0.05, 0) is 30.5 Å². The van der Waals surface area contributed by atoms with Gasteiger partial charge in [-0.25, -0.2) is 9.97 Å². The lowest BCUT2D eigenvalue weighted by atomic mass is 10.0. The Morgan fingerprint density at radius 1 is 1.27 bits per heavy atom. The number of fused-ring (bicyclic) bond motifs is 1. The maximum atomic E-state index is 10.4. The molecule has 3 heterocycles. The maximum absolute atomic E-state index is 10.4. The number of nitrogens with two attached hydrogens (primary N) is 1. The summed E-state index contributed by atoms with van der Waals surface area (Å²) in [7, 11) is 0. The number of benzene rings is 1. The van der Waals surface area contributed by atoms with Gasteiger partial charge in [0.1, 0.15) is 23.9 Å². The predicted molar refractivity (Wildman–Crippen MR) is 98.5 cm³/mol. The van der Waals surface area contributed by atoms with Crippen molar-refractivity contribution in [3.05, 3.63) is 41.9 Å². The van der Waals surface area contributed by atoms with Gasteiger partial charge in [0.15, 0.2) is 6.23 Å². The van der Waals surface area contributed by atoms with Crippen molar-refractivity contribution >= 4 is 16.9 Å². The molecule has 2 aromatic heterocycles. The molecule has 0 spiro atoms. The van der Waals surface area contributed by atoms with Crippen molar-refractivity contribution in [2.75, 3.05) is 12.3 Å². The van der Waals surface area contributed by atoms with Gasteiger partial charge >= 0.3 is 0 Å². The van der Waals surface area contributed by atoms with Crippen molar-refractivity contribution in [3.8, 4) is 11.1 Å². The van der Waals surface area contributed by atoms with Gasteiger partial charge in [-0.1, -0.05) is 18.2 Å². The van der Waals surface area contributed by atoms with Gasteiger partial charge in [0.05, 0.1) is 18.1 Å². The van der Waals surface area contributed by atoms with Gasteiger partial charge in [-0.15, -0.1) is 0 Å². The fraction of sp³-hybridized carbons (Fsp3) is 0.368. The van der Waals surface area contributed by atoms with Crippen LogP contribution in [0.1, 0.15) is 23.8 Å². The topological polar surface area (TPSA) is 106 Å². The second kappa shape index (κ2) is 6.35. The lowest BCUT2D eigenvalue weighted by molar-refractivity contribution is -0.0483. The summed E-state index contributed by atoms with van der Waals surface area (Å²) in [5, 5.41) is 20.5. The zero-order valence-electron chi connectivity index (χ0n) is 14.8. The lowest BCUT2D eigenvalue weighted by Crippen LogP contribution is -2.19. The Bertz CT molecular complexity index is 969. The van der Waals surface area contributed by atoms with Crippen LogP contribution >= 0.6 is 0 Å². The summed E-state index contributed by atoms with van der Waals surface area (Å²) in [4.78, 5) is 8.51. The zero-order chi connectivity index (χ0) is 18.4. The molecule has 0 amide bonds. The van der Waals surface area contributed by atoms with Crippen molar-refractivity contribution < 1.29 is 14.9 Å². The van der Waals surface area contributed by atoms with Crippen molar-refractivity contribution in [3.63, 3.8) is 0 Å². The van der Waals surface area contributed by atoms with E-state index < -0.39 is 18.4 Å². The molecule has 1 fully saturated rings. The largest absolute Gasteiger partial charge is 0.394 e. The van der Waals surface area contributed by atoms with Gasteiger partial charge in [0.25, 0.3) is 0 Å². The van der Waals surface area contributed by atoms with Crippen LogP contribution in [0, 0.1) is 13.8 Å². The highest BCUT2D eigenvalue weighted by molar-refractivity contribution is 6.00. The van der Waals surface area contributed by atoms with Crippen LogP contribution in [0.5, 0.6) is 0 Å². The molecule has 1 aliphatic rings. The third-order valence-corrected chi connectivity index (χ3v) is 5.10. The molecule has 4 rings (SSSR count). The molecule has 1 saturated heterocycles. The van der Waals surface area contributed by atoms with Crippen molar-refractivity contribution in [2.45, 2.75) is 38.7 Å². The number of nitrogens with zero attached hydrogens (tertiary/aromatic N) is 3. The number of aliphatic hydroxyl groups excluding tert-OH is 2. The molecule has 0 aliphatic carbocycles. The third-order valence-electron chi connectivity index (χ3n) is 5.10. The highest BCUT2D eigenvalue weighted by Gasteiger charge is 2.36. The zero-order valence-corrected chi connectivity index (χ0v) is 14.8. The van der Waals surface area contributed by atoms with E-state index in [0.29, 0.717) is 17.9 Å². The first-order valence-corrected chi connectivity index (χ1v) is 8.62. The number of hydrogen-bond acceptors (Lipinski definition) is 6. The first kappa shape index (κ1) is 17.0. The van der Waals surface area contributed by atoms with E-state index in [4.69, 9.17) is 10.5 Å². The summed E-state index contributed by atoms with van der Waals surface area (Å²) >= 11 is 0. The molecule has 3 aromatic rings. The SMILES string of the molecule is Cc1ccc(-c2cn([C@@H]3O[C@H](CO)C[C@H]3O)c3ncnc(N)c23)cc1C. The Morgan fingerprint density at radius 3 is 2.77 bits per heavy atom. The number of aliphatic hydroxyl groups is 2. The summed E-state index contributed by atoms with van der Waals surface area (Å²) in [6.07, 6.45) is 1.93. The Balaban J connectivity index is 1.91. The van der Waals surface area contributed by atoms with Crippen molar-refractivity contribution in [1.82, 2.24) is 14.5 Å². The van der Waals surface area contributed by atoms with Gasteiger partial charge in [0, 0.05) is 18.2 Å². The fourth-order valence-corrected chi connectivity index (χ4v) is 3.53. The molecule has 1 aliphatic heterocycles. The van der Waals surface area contributed by atoms with Crippen molar-refractivity contribution in [2.24, 2.45) is 0 Å². The fourth-order valence-electron chi connectivity index (χ4n) is 3.53. The highest BCUT2D eigenvalue weighted by Crippen LogP contribution is 2.38. The average Bonchev–Trinajstić information content (AvgIpc) is 3.18. The molecule has 0 unspecified atom stereocenters. The van der Waals surface area contributed by atoms with Crippen LogP contribution in [0.4, 0.5) is 5.82 Å². The number of ether oxygens (including phenoxy) is 1. The van der Waals surface area contributed by atoms with E-state index in [9.17, 15) is 10.2 Å². The number of hydrogen-bond donors (Lipinski definition) is 3. The first-order chi connectivity index (χ1) is 12.5. The van der Waals surface area contributed by atoms with Crippen LogP contribution in [-0.4, -0.2) is 43.6 Å². The second-order valence-electron chi connectivity index (χ2n) is 6.84. The number of aryl methyl sites for hydroxylation is 2. The van der Waals surface area contributed by atoms with E-state index in [0.717, 1.165) is 16.5 Å². The van der Waals surface area contributed by atoms with Crippen molar-refractivity contribution in [1.29, 1.82) is 0 Å². The molecule has 1 aromatic carbocycles. The van der Waals surface area contributed by atoms with Crippen LogP contribution in [0.3, 0.4) is 0 Å². The molecule has 0 bridgehead atoms. The highest BCUT2D eigenvalue weighted by atomic mass is 16.5. The second-order valence-corrected chi connectivity index (χ2v) is 6.84. The van der Waals surface area contributed by atoms with Crippen LogP contribution in [0.2, 0.25) is 0 Å². The van der Waals surface area contributed by atoms with Gasteiger partial charge in [-0.3, -0.25) is 0 Å². The summed E-state index contributed by atoms with van der Waals surface area (Å²) in [6, 6.07) is 6.20. The average molecular weight is 354 g/mol. The minimum Gasteiger partial charge on any atom is -0.394 e. The Kier molecular flexibility index (Phi) is 4.14. The maximum Gasteiger partial charge on any atom is 0.161 e. The summed E-state index contributed by atoms with van der Waals surface area (Å²) in [5.74, 6) is 0.383. The Morgan fingerprint density at radius 2 is 2.08 bits per heavy atom. The Hall–Kier alpha value is -2.48. The van der Waals surface area contributed by atoms with Gasteiger partial charge < -0.3 is 25.3 Å². The monoisotopic (exact) mass is 354 g/mol. The molecule has 7 heteroatoms. The summed E-state index contributed by atoms with van der Waals surface area (Å²) in [6.45, 7) is 4.00. The molecule has 26 heavy (non-hydrogen) atoms. The van der Waals surface area contributed by atoms with Crippen LogP contribution < -0.4 is 5.73 Å². The normalized spacial score (nSPS) is 23.0. The molecule has 0 saturated carbocycles. The van der Waals surface area contributed by atoms with Gasteiger partial charge in [-0.2, -0.15) is 0 Å². The third kappa shape index (κ3) is 2.65. The smallest absolute Gasteiger partial charge is 0.161 e. The van der Waals surface area contributed by atoms with E-state index in [1.807, 2.05) is 12.3 Å².